The molecule has 0 aromatic carbocycles. The Bertz CT molecular complexity index is 347. The van der Waals surface area contributed by atoms with Gasteiger partial charge in [-0.25, -0.2) is 9.59 Å². The minimum atomic E-state index is -2.39. The van der Waals surface area contributed by atoms with Gasteiger partial charge < -0.3 is 18.3 Å². The third-order valence-corrected chi connectivity index (χ3v) is 6.90. The highest BCUT2D eigenvalue weighted by Crippen LogP contribution is 2.23. The maximum atomic E-state index is 11.0. The minimum Gasteiger partial charge on any atom is -0.463 e. The fraction of sp³-hybridized carbons (Fsp3) is 0.625. The molecule has 0 aromatic rings. The smallest absolute Gasteiger partial charge is 0.338 e. The van der Waals surface area contributed by atoms with E-state index in [0.29, 0.717) is 51.4 Å². The van der Waals surface area contributed by atoms with Crippen LogP contribution in [0.3, 0.4) is 0 Å². The summed E-state index contributed by atoms with van der Waals surface area (Å²) in [5.74, 6) is -0.858. The molecule has 132 valence electrons. The molecule has 0 atom stereocenters. The Morgan fingerprint density at radius 3 is 1.57 bits per heavy atom. The van der Waals surface area contributed by atoms with Crippen molar-refractivity contribution in [3.8, 4) is 0 Å². The van der Waals surface area contributed by atoms with Gasteiger partial charge in [0.15, 0.2) is 0 Å². The molecule has 0 heterocycles. The van der Waals surface area contributed by atoms with Gasteiger partial charge in [0.2, 0.25) is 0 Å². The minimum absolute atomic E-state index is 0.311. The van der Waals surface area contributed by atoms with E-state index < -0.39 is 20.5 Å². The maximum Gasteiger partial charge on any atom is 0.338 e. The quantitative estimate of drug-likeness (QED) is 0.209. The van der Waals surface area contributed by atoms with Crippen LogP contribution in [0.5, 0.6) is 0 Å². The summed E-state index contributed by atoms with van der Waals surface area (Å²) in [6, 6.07) is 1.43. The normalized spacial score (nSPS) is 10.9. The molecule has 0 amide bonds. The molecule has 0 saturated heterocycles. The average Bonchev–Trinajstić information content (AvgIpc) is 2.55. The SMILES string of the molecule is C=CC(=O)OCCC[Si](CCCOC(=O)C=C)(OCC)OCC. The number of ether oxygens (including phenoxy) is 2. The van der Waals surface area contributed by atoms with Crippen LogP contribution in [0.2, 0.25) is 12.1 Å². The van der Waals surface area contributed by atoms with Crippen molar-refractivity contribution >= 4 is 20.5 Å². The fourth-order valence-electron chi connectivity index (χ4n) is 2.13. The topological polar surface area (TPSA) is 71.1 Å². The van der Waals surface area contributed by atoms with E-state index in [0.717, 1.165) is 12.2 Å². The van der Waals surface area contributed by atoms with Gasteiger partial charge in [0.1, 0.15) is 0 Å². The van der Waals surface area contributed by atoms with E-state index in [-0.39, 0.29) is 0 Å². The zero-order chi connectivity index (χ0) is 17.6. The lowest BCUT2D eigenvalue weighted by atomic mass is 10.5. The van der Waals surface area contributed by atoms with Crippen LogP contribution < -0.4 is 0 Å². The Morgan fingerprint density at radius 2 is 1.26 bits per heavy atom. The van der Waals surface area contributed by atoms with Crippen molar-refractivity contribution < 1.29 is 27.9 Å². The van der Waals surface area contributed by atoms with Crippen LogP contribution in [-0.4, -0.2) is 46.9 Å². The zero-order valence-electron chi connectivity index (χ0n) is 14.2. The molecule has 6 nitrogen and oxygen atoms in total. The zero-order valence-corrected chi connectivity index (χ0v) is 15.2. The van der Waals surface area contributed by atoms with Crippen molar-refractivity contribution in [2.24, 2.45) is 0 Å². The highest BCUT2D eigenvalue weighted by Gasteiger charge is 2.36. The number of esters is 2. The highest BCUT2D eigenvalue weighted by atomic mass is 28.4. The molecular formula is C16H28O6Si. The lowest BCUT2D eigenvalue weighted by molar-refractivity contribution is -0.138. The molecular weight excluding hydrogens is 316 g/mol. The van der Waals surface area contributed by atoms with Gasteiger partial charge in [-0.1, -0.05) is 13.2 Å². The standard InChI is InChI=1S/C16H28O6Si/c1-5-15(17)19-11-9-13-23(21-7-3,22-8-4)14-10-12-20-16(18)6-2/h5-6H,1-2,7-14H2,3-4H3. The molecule has 0 aliphatic carbocycles. The van der Waals surface area contributed by atoms with E-state index in [1.807, 2.05) is 13.8 Å². The highest BCUT2D eigenvalue weighted by molar-refractivity contribution is 6.67. The van der Waals surface area contributed by atoms with E-state index in [1.54, 1.807) is 0 Å². The van der Waals surface area contributed by atoms with Crippen LogP contribution in [0.1, 0.15) is 26.7 Å². The van der Waals surface area contributed by atoms with Gasteiger partial charge >= 0.3 is 20.5 Å². The first-order valence-electron chi connectivity index (χ1n) is 7.89. The van der Waals surface area contributed by atoms with Crippen molar-refractivity contribution in [2.45, 2.75) is 38.8 Å². The van der Waals surface area contributed by atoms with Crippen molar-refractivity contribution in [2.75, 3.05) is 26.4 Å². The van der Waals surface area contributed by atoms with Crippen LogP contribution in [0, 0.1) is 0 Å². The summed E-state index contributed by atoms with van der Waals surface area (Å²) in [6.45, 7) is 12.3. The monoisotopic (exact) mass is 344 g/mol. The van der Waals surface area contributed by atoms with Crippen molar-refractivity contribution in [3.63, 3.8) is 0 Å². The molecule has 0 aliphatic rings. The lowest BCUT2D eigenvalue weighted by Crippen LogP contribution is -2.42. The molecule has 0 spiro atoms. The first-order valence-corrected chi connectivity index (χ1v) is 10.1. The molecule has 0 fully saturated rings. The van der Waals surface area contributed by atoms with Gasteiger partial charge in [-0.3, -0.25) is 0 Å². The molecule has 0 aromatic heterocycles. The number of rotatable bonds is 14. The summed E-state index contributed by atoms with van der Waals surface area (Å²) in [5.41, 5.74) is 0. The number of carbonyl (C=O) groups is 2. The summed E-state index contributed by atoms with van der Waals surface area (Å²) in [7, 11) is -2.39. The second-order valence-electron chi connectivity index (χ2n) is 4.73. The van der Waals surface area contributed by atoms with E-state index in [2.05, 4.69) is 13.2 Å². The van der Waals surface area contributed by atoms with Crippen molar-refractivity contribution in [1.29, 1.82) is 0 Å². The van der Waals surface area contributed by atoms with E-state index in [4.69, 9.17) is 18.3 Å². The van der Waals surface area contributed by atoms with Gasteiger partial charge in [-0.15, -0.1) is 0 Å². The van der Waals surface area contributed by atoms with Crippen molar-refractivity contribution in [3.05, 3.63) is 25.3 Å². The van der Waals surface area contributed by atoms with Crippen LogP contribution in [0.4, 0.5) is 0 Å². The van der Waals surface area contributed by atoms with Gasteiger partial charge in [-0.2, -0.15) is 0 Å². The second-order valence-corrected chi connectivity index (χ2v) is 8.13. The van der Waals surface area contributed by atoms with Gasteiger partial charge in [0.25, 0.3) is 0 Å². The molecule has 7 heteroatoms. The lowest BCUT2D eigenvalue weighted by Gasteiger charge is -2.30. The predicted molar refractivity (Wildman–Crippen MR) is 90.2 cm³/mol. The first kappa shape index (κ1) is 21.6. The molecule has 0 rings (SSSR count). The number of hydrogen-bond acceptors (Lipinski definition) is 6. The molecule has 0 N–H and O–H groups in total. The number of carbonyl (C=O) groups excluding carboxylic acids is 2. The first-order chi connectivity index (χ1) is 11.0. The Morgan fingerprint density at radius 1 is 0.870 bits per heavy atom. The Kier molecular flexibility index (Phi) is 12.2. The molecule has 0 unspecified atom stereocenters. The largest absolute Gasteiger partial charge is 0.463 e. The molecule has 0 saturated carbocycles. The number of hydrogen-bond donors (Lipinski definition) is 0. The summed E-state index contributed by atoms with van der Waals surface area (Å²) in [4.78, 5) is 22.1. The molecule has 0 aliphatic heterocycles. The van der Waals surface area contributed by atoms with Gasteiger partial charge in [0.05, 0.1) is 13.2 Å². The molecule has 23 heavy (non-hydrogen) atoms. The maximum absolute atomic E-state index is 11.0. The van der Waals surface area contributed by atoms with Crippen LogP contribution in [-0.2, 0) is 27.9 Å². The van der Waals surface area contributed by atoms with Crippen LogP contribution in [0.25, 0.3) is 0 Å². The molecule has 0 bridgehead atoms. The van der Waals surface area contributed by atoms with Gasteiger partial charge in [-0.05, 0) is 38.8 Å². The summed E-state index contributed by atoms with van der Waals surface area (Å²) in [5, 5.41) is 0. The Balaban J connectivity index is 4.42. The van der Waals surface area contributed by atoms with E-state index >= 15 is 0 Å². The third-order valence-electron chi connectivity index (χ3n) is 3.04. The Hall–Kier alpha value is -1.44. The van der Waals surface area contributed by atoms with Crippen LogP contribution in [0.15, 0.2) is 25.3 Å². The fourth-order valence-corrected chi connectivity index (χ4v) is 5.46. The van der Waals surface area contributed by atoms with Crippen molar-refractivity contribution in [1.82, 2.24) is 0 Å². The Labute approximate surface area is 139 Å². The predicted octanol–water partition coefficient (Wildman–Crippen LogP) is 2.74. The summed E-state index contributed by atoms with van der Waals surface area (Å²) in [6.07, 6.45) is 3.62. The van der Waals surface area contributed by atoms with Crippen LogP contribution >= 0.6 is 0 Å². The summed E-state index contributed by atoms with van der Waals surface area (Å²) < 4.78 is 21.8. The second kappa shape index (κ2) is 13.0. The van der Waals surface area contributed by atoms with E-state index in [9.17, 15) is 9.59 Å². The third kappa shape index (κ3) is 10.0. The molecule has 0 radical (unpaired) electrons. The average molecular weight is 344 g/mol. The van der Waals surface area contributed by atoms with E-state index in [1.165, 1.54) is 0 Å². The summed E-state index contributed by atoms with van der Waals surface area (Å²) >= 11 is 0. The van der Waals surface area contributed by atoms with Gasteiger partial charge in [0, 0.05) is 25.4 Å².